The molecule has 1 unspecified atom stereocenters. The van der Waals surface area contributed by atoms with Crippen LogP contribution in [0.2, 0.25) is 0 Å². The zero-order chi connectivity index (χ0) is 17.8. The van der Waals surface area contributed by atoms with E-state index in [0.717, 1.165) is 23.9 Å². The van der Waals surface area contributed by atoms with Crippen LogP contribution in [0.5, 0.6) is 0 Å². The van der Waals surface area contributed by atoms with Gasteiger partial charge in [0.1, 0.15) is 11.2 Å². The van der Waals surface area contributed by atoms with Crippen LogP contribution in [0.4, 0.5) is 5.95 Å². The highest BCUT2D eigenvalue weighted by atomic mass is 32.2. The number of hydrazine groups is 1. The summed E-state index contributed by atoms with van der Waals surface area (Å²) in [4.78, 5) is 13.0. The number of nitrogens with one attached hydrogen (secondary N) is 2. The monoisotopic (exact) mass is 392 g/mol. The Morgan fingerprint density at radius 3 is 3.19 bits per heavy atom. The van der Waals surface area contributed by atoms with Crippen molar-refractivity contribution in [3.63, 3.8) is 0 Å². The van der Waals surface area contributed by atoms with Crippen LogP contribution < -0.4 is 15.8 Å². The van der Waals surface area contributed by atoms with Gasteiger partial charge < -0.3 is 4.74 Å². The Bertz CT molecular complexity index is 878. The summed E-state index contributed by atoms with van der Waals surface area (Å²) in [7, 11) is 1.40. The molecule has 2 aromatic rings. The second-order valence-corrected chi connectivity index (χ2v) is 8.89. The van der Waals surface area contributed by atoms with Gasteiger partial charge in [0.2, 0.25) is 5.95 Å². The molecule has 26 heavy (non-hydrogen) atoms. The second kappa shape index (κ2) is 6.22. The molecule has 5 rings (SSSR count). The van der Waals surface area contributed by atoms with Gasteiger partial charge in [-0.1, -0.05) is 18.7 Å². The maximum atomic E-state index is 11.6. The van der Waals surface area contributed by atoms with Gasteiger partial charge in [-0.2, -0.15) is 0 Å². The third-order valence-corrected chi connectivity index (χ3v) is 7.38. The van der Waals surface area contributed by atoms with E-state index >= 15 is 0 Å². The highest BCUT2D eigenvalue weighted by Crippen LogP contribution is 2.48. The van der Waals surface area contributed by atoms with E-state index in [1.165, 1.54) is 46.3 Å². The molecule has 2 atom stereocenters. The minimum Gasteiger partial charge on any atom is -0.468 e. The maximum absolute atomic E-state index is 11.6. The molecule has 2 aromatic heterocycles. The standard InChI is InChI=1S/C16H20N6O2S2/c1-8-3-4-10-9(5-8)12-13-17-7-18-22(13)15-19-20-16(21(15)14(12)26-10)25-6-11(23)24-2/h8,13,17-18H,3-7H2,1-2H3/t8-,13?/m0/s1. The predicted molar refractivity (Wildman–Crippen MR) is 99.5 cm³/mol. The number of carbonyl (C=O) groups is 1. The average molecular weight is 393 g/mol. The van der Waals surface area contributed by atoms with Crippen LogP contribution in [-0.4, -0.2) is 40.3 Å². The Labute approximate surface area is 159 Å². The molecule has 138 valence electrons. The van der Waals surface area contributed by atoms with E-state index in [0.29, 0.717) is 12.6 Å². The van der Waals surface area contributed by atoms with E-state index in [-0.39, 0.29) is 17.9 Å². The number of fused-ring (bicyclic) bond motifs is 8. The number of thioether (sulfide) groups is 1. The molecule has 0 bridgehead atoms. The molecule has 2 aliphatic heterocycles. The summed E-state index contributed by atoms with van der Waals surface area (Å²) in [6.07, 6.45) is 3.59. The van der Waals surface area contributed by atoms with E-state index in [1.54, 1.807) is 0 Å². The lowest BCUT2D eigenvalue weighted by Crippen LogP contribution is -2.39. The van der Waals surface area contributed by atoms with Gasteiger partial charge in [-0.15, -0.1) is 21.5 Å². The summed E-state index contributed by atoms with van der Waals surface area (Å²) in [5, 5.41) is 16.3. The van der Waals surface area contributed by atoms with E-state index in [2.05, 4.69) is 37.4 Å². The van der Waals surface area contributed by atoms with E-state index in [9.17, 15) is 4.79 Å². The van der Waals surface area contributed by atoms with Gasteiger partial charge >= 0.3 is 5.97 Å². The van der Waals surface area contributed by atoms with Gasteiger partial charge in [-0.25, -0.2) is 9.99 Å². The van der Waals surface area contributed by atoms with Gasteiger partial charge in [-0.3, -0.25) is 15.1 Å². The third kappa shape index (κ3) is 2.39. The molecule has 0 amide bonds. The fourth-order valence-electron chi connectivity index (χ4n) is 3.91. The van der Waals surface area contributed by atoms with Crippen LogP contribution in [0.25, 0.3) is 5.00 Å². The van der Waals surface area contributed by atoms with E-state index < -0.39 is 0 Å². The van der Waals surface area contributed by atoms with Crippen molar-refractivity contribution in [1.82, 2.24) is 25.5 Å². The fourth-order valence-corrected chi connectivity index (χ4v) is 6.11. The number of nitrogens with zero attached hydrogens (tertiary/aromatic N) is 4. The highest BCUT2D eigenvalue weighted by Gasteiger charge is 2.42. The van der Waals surface area contributed by atoms with Crippen molar-refractivity contribution in [2.75, 3.05) is 24.5 Å². The predicted octanol–water partition coefficient (Wildman–Crippen LogP) is 1.60. The van der Waals surface area contributed by atoms with E-state index in [4.69, 9.17) is 4.74 Å². The molecule has 0 radical (unpaired) electrons. The van der Waals surface area contributed by atoms with Crippen LogP contribution >= 0.6 is 23.1 Å². The number of anilines is 1. The zero-order valence-corrected chi connectivity index (χ0v) is 16.2. The number of thiophene rings is 1. The first-order valence-corrected chi connectivity index (χ1v) is 10.5. The topological polar surface area (TPSA) is 84.3 Å². The van der Waals surface area contributed by atoms with Crippen molar-refractivity contribution in [2.45, 2.75) is 37.5 Å². The molecule has 1 aliphatic carbocycles. The second-order valence-electron chi connectivity index (χ2n) is 6.86. The van der Waals surface area contributed by atoms with Gasteiger partial charge in [0.05, 0.1) is 19.5 Å². The molecule has 4 heterocycles. The average Bonchev–Trinajstić information content (AvgIpc) is 3.34. The summed E-state index contributed by atoms with van der Waals surface area (Å²) < 4.78 is 6.85. The summed E-state index contributed by atoms with van der Waals surface area (Å²) in [5.41, 5.74) is 6.18. The molecular formula is C16H20N6O2S2. The summed E-state index contributed by atoms with van der Waals surface area (Å²) in [6.45, 7) is 3.03. The van der Waals surface area contributed by atoms with Crippen LogP contribution in [0.15, 0.2) is 5.16 Å². The molecule has 10 heteroatoms. The molecule has 0 spiro atoms. The van der Waals surface area contributed by atoms with Gasteiger partial charge in [0.25, 0.3) is 0 Å². The SMILES string of the molecule is COC(=O)CSc1nnc2n1-c1sc3c(c1C1NCNN21)C[C@@H](C)CC3. The Balaban J connectivity index is 1.62. The summed E-state index contributed by atoms with van der Waals surface area (Å²) in [6, 6.07) is 0. The van der Waals surface area contributed by atoms with Gasteiger partial charge in [0, 0.05) is 10.4 Å². The molecule has 8 nitrogen and oxygen atoms in total. The summed E-state index contributed by atoms with van der Waals surface area (Å²) >= 11 is 3.21. The maximum Gasteiger partial charge on any atom is 0.316 e. The smallest absolute Gasteiger partial charge is 0.316 e. The molecule has 3 aliphatic rings. The lowest BCUT2D eigenvalue weighted by Gasteiger charge is -2.31. The number of ether oxygens (including phenoxy) is 1. The van der Waals surface area contributed by atoms with Crippen molar-refractivity contribution in [3.05, 3.63) is 16.0 Å². The molecule has 0 aromatic carbocycles. The van der Waals surface area contributed by atoms with Crippen molar-refractivity contribution in [1.29, 1.82) is 0 Å². The van der Waals surface area contributed by atoms with Crippen molar-refractivity contribution < 1.29 is 9.53 Å². The molecule has 1 fully saturated rings. The first-order chi connectivity index (χ1) is 12.7. The Morgan fingerprint density at radius 1 is 1.46 bits per heavy atom. The van der Waals surface area contributed by atoms with Crippen LogP contribution in [-0.2, 0) is 22.4 Å². The van der Waals surface area contributed by atoms with Crippen molar-refractivity contribution >= 4 is 35.0 Å². The number of hydrogen-bond donors (Lipinski definition) is 2. The number of hydrogen-bond acceptors (Lipinski definition) is 9. The normalized spacial score (nSPS) is 23.2. The largest absolute Gasteiger partial charge is 0.468 e. The van der Waals surface area contributed by atoms with Gasteiger partial charge in [-0.05, 0) is 30.7 Å². The Hall–Kier alpha value is -1.62. The number of methoxy groups -OCH3 is 1. The van der Waals surface area contributed by atoms with Crippen molar-refractivity contribution in [2.24, 2.45) is 5.92 Å². The van der Waals surface area contributed by atoms with Crippen LogP contribution in [0, 0.1) is 5.92 Å². The number of esters is 1. The first-order valence-electron chi connectivity index (χ1n) is 8.73. The number of carbonyl (C=O) groups excluding carboxylic acids is 1. The Kier molecular flexibility index (Phi) is 3.96. The van der Waals surface area contributed by atoms with Gasteiger partial charge in [0.15, 0.2) is 5.16 Å². The molecular weight excluding hydrogens is 372 g/mol. The quantitative estimate of drug-likeness (QED) is 0.602. The number of rotatable bonds is 3. The van der Waals surface area contributed by atoms with E-state index in [1.807, 2.05) is 11.3 Å². The Morgan fingerprint density at radius 2 is 2.35 bits per heavy atom. The number of aromatic nitrogens is 3. The number of aryl methyl sites for hydroxylation is 1. The van der Waals surface area contributed by atoms with Crippen LogP contribution in [0.3, 0.4) is 0 Å². The molecule has 2 N–H and O–H groups in total. The fraction of sp³-hybridized carbons (Fsp3) is 0.562. The summed E-state index contributed by atoms with van der Waals surface area (Å²) in [5.74, 6) is 1.44. The minimum absolute atomic E-state index is 0.0884. The highest BCUT2D eigenvalue weighted by molar-refractivity contribution is 7.99. The lowest BCUT2D eigenvalue weighted by molar-refractivity contribution is -0.137. The zero-order valence-electron chi connectivity index (χ0n) is 14.6. The lowest BCUT2D eigenvalue weighted by atomic mass is 9.87. The third-order valence-electron chi connectivity index (χ3n) is 5.19. The minimum atomic E-state index is -0.262. The first kappa shape index (κ1) is 16.5. The molecule has 1 saturated heterocycles. The molecule has 0 saturated carbocycles. The van der Waals surface area contributed by atoms with Crippen LogP contribution in [0.1, 0.15) is 35.5 Å². The van der Waals surface area contributed by atoms with Crippen molar-refractivity contribution in [3.8, 4) is 5.00 Å².